The van der Waals surface area contributed by atoms with Crippen LogP contribution >= 0.6 is 23.2 Å². The highest BCUT2D eigenvalue weighted by molar-refractivity contribution is 6.36. The van der Waals surface area contributed by atoms with Crippen molar-refractivity contribution in [3.63, 3.8) is 0 Å². The first kappa shape index (κ1) is 19.0. The predicted octanol–water partition coefficient (Wildman–Crippen LogP) is 4.47. The molecule has 8 heteroatoms. The van der Waals surface area contributed by atoms with E-state index in [-0.39, 0.29) is 10.8 Å². The molecule has 0 aliphatic heterocycles. The summed E-state index contributed by atoms with van der Waals surface area (Å²) in [4.78, 5) is 4.09. The fourth-order valence-electron chi connectivity index (χ4n) is 2.11. The molecule has 2 aromatic rings. The van der Waals surface area contributed by atoms with Gasteiger partial charge in [-0.3, -0.25) is 0 Å². The Kier molecular flexibility index (Phi) is 6.22. The number of halogens is 3. The Bertz CT molecular complexity index is 827. The van der Waals surface area contributed by atoms with E-state index >= 15 is 0 Å². The minimum Gasteiger partial charge on any atom is -0.482 e. The molecule has 1 unspecified atom stereocenters. The van der Waals surface area contributed by atoms with Gasteiger partial charge in [0.2, 0.25) is 0 Å². The van der Waals surface area contributed by atoms with Crippen molar-refractivity contribution in [2.24, 2.45) is 5.10 Å². The SMILES string of the molecule is C=C(/C=N\NC)c1cnc(N)c(OC(C)c2c(Cl)ccc(F)c2Cl)c1. The van der Waals surface area contributed by atoms with Gasteiger partial charge in [-0.05, 0) is 30.7 Å². The average molecular weight is 383 g/mol. The van der Waals surface area contributed by atoms with E-state index in [1.54, 1.807) is 32.4 Å². The summed E-state index contributed by atoms with van der Waals surface area (Å²) in [5, 5.41) is 4.10. The van der Waals surface area contributed by atoms with Crippen LogP contribution < -0.4 is 15.9 Å². The molecule has 25 heavy (non-hydrogen) atoms. The Hall–Kier alpha value is -2.31. The highest BCUT2D eigenvalue weighted by atomic mass is 35.5. The second-order valence-electron chi connectivity index (χ2n) is 5.13. The second kappa shape index (κ2) is 8.18. The second-order valence-corrected chi connectivity index (χ2v) is 5.92. The molecule has 0 bridgehead atoms. The lowest BCUT2D eigenvalue weighted by Gasteiger charge is -2.19. The van der Waals surface area contributed by atoms with Gasteiger partial charge in [0.15, 0.2) is 11.6 Å². The highest BCUT2D eigenvalue weighted by Crippen LogP contribution is 2.36. The lowest BCUT2D eigenvalue weighted by Crippen LogP contribution is -2.08. The molecule has 1 aromatic heterocycles. The van der Waals surface area contributed by atoms with Crippen molar-refractivity contribution in [1.82, 2.24) is 10.4 Å². The molecule has 2 rings (SSSR count). The molecule has 0 saturated carbocycles. The summed E-state index contributed by atoms with van der Waals surface area (Å²) in [5.41, 5.74) is 10.1. The number of aromatic nitrogens is 1. The number of nitrogens with one attached hydrogen (secondary N) is 1. The van der Waals surface area contributed by atoms with Crippen LogP contribution in [0.4, 0.5) is 10.2 Å². The smallest absolute Gasteiger partial charge is 0.166 e. The number of hydrogen-bond acceptors (Lipinski definition) is 5. The van der Waals surface area contributed by atoms with Gasteiger partial charge in [-0.25, -0.2) is 9.37 Å². The van der Waals surface area contributed by atoms with Gasteiger partial charge in [-0.1, -0.05) is 29.8 Å². The Morgan fingerprint density at radius 1 is 1.48 bits per heavy atom. The quantitative estimate of drug-likeness (QED) is 0.439. The molecule has 0 fully saturated rings. The van der Waals surface area contributed by atoms with E-state index in [2.05, 4.69) is 22.1 Å². The van der Waals surface area contributed by atoms with E-state index in [0.29, 0.717) is 27.5 Å². The van der Waals surface area contributed by atoms with Crippen LogP contribution in [-0.2, 0) is 0 Å². The van der Waals surface area contributed by atoms with Gasteiger partial charge in [-0.15, -0.1) is 0 Å². The monoisotopic (exact) mass is 382 g/mol. The van der Waals surface area contributed by atoms with Gasteiger partial charge in [0.25, 0.3) is 0 Å². The van der Waals surface area contributed by atoms with Crippen molar-refractivity contribution in [3.05, 3.63) is 58.0 Å². The lowest BCUT2D eigenvalue weighted by atomic mass is 10.1. The molecule has 0 aliphatic rings. The Labute approximate surface area is 155 Å². The van der Waals surface area contributed by atoms with Gasteiger partial charge < -0.3 is 15.9 Å². The van der Waals surface area contributed by atoms with E-state index in [9.17, 15) is 4.39 Å². The number of ether oxygens (including phenoxy) is 1. The maximum Gasteiger partial charge on any atom is 0.166 e. The van der Waals surface area contributed by atoms with Crippen LogP contribution in [0.15, 0.2) is 36.1 Å². The molecular weight excluding hydrogens is 366 g/mol. The third-order valence-electron chi connectivity index (χ3n) is 3.39. The molecule has 5 nitrogen and oxygen atoms in total. The predicted molar refractivity (Wildman–Crippen MR) is 101 cm³/mol. The fourth-order valence-corrected chi connectivity index (χ4v) is 2.78. The van der Waals surface area contributed by atoms with E-state index in [1.807, 2.05) is 0 Å². The lowest BCUT2D eigenvalue weighted by molar-refractivity contribution is 0.227. The van der Waals surface area contributed by atoms with E-state index < -0.39 is 11.9 Å². The third kappa shape index (κ3) is 4.41. The number of rotatable bonds is 6. The zero-order valence-corrected chi connectivity index (χ0v) is 15.2. The molecule has 132 valence electrons. The van der Waals surface area contributed by atoms with Gasteiger partial charge in [0, 0.05) is 29.4 Å². The molecule has 1 heterocycles. The van der Waals surface area contributed by atoms with Gasteiger partial charge in [0.1, 0.15) is 11.9 Å². The molecular formula is C17H17Cl2FN4O. The number of nitrogens with two attached hydrogens (primary N) is 1. The first-order valence-corrected chi connectivity index (χ1v) is 8.05. The van der Waals surface area contributed by atoms with Gasteiger partial charge >= 0.3 is 0 Å². The topological polar surface area (TPSA) is 72.5 Å². The molecule has 1 atom stereocenters. The number of anilines is 1. The van der Waals surface area contributed by atoms with E-state index in [0.717, 1.165) is 0 Å². The maximum absolute atomic E-state index is 13.7. The van der Waals surface area contributed by atoms with E-state index in [1.165, 1.54) is 12.1 Å². The molecule has 0 aliphatic carbocycles. The van der Waals surface area contributed by atoms with Crippen LogP contribution in [0.25, 0.3) is 5.57 Å². The van der Waals surface area contributed by atoms with Gasteiger partial charge in [0.05, 0.1) is 11.2 Å². The first-order valence-electron chi connectivity index (χ1n) is 7.29. The normalized spacial score (nSPS) is 12.2. The number of pyridine rings is 1. The number of nitrogen functional groups attached to an aromatic ring is 1. The summed E-state index contributed by atoms with van der Waals surface area (Å²) in [7, 11) is 1.67. The molecule has 3 N–H and O–H groups in total. The molecule has 0 saturated heterocycles. The summed E-state index contributed by atoms with van der Waals surface area (Å²) in [6.45, 7) is 5.58. The number of hydrazone groups is 1. The van der Waals surface area contributed by atoms with Crippen LogP contribution in [0.1, 0.15) is 24.2 Å². The van der Waals surface area contributed by atoms with Crippen molar-refractivity contribution in [3.8, 4) is 5.75 Å². The van der Waals surface area contributed by atoms with E-state index in [4.69, 9.17) is 33.7 Å². The first-order chi connectivity index (χ1) is 11.8. The minimum absolute atomic E-state index is 0.0896. The van der Waals surface area contributed by atoms with Crippen molar-refractivity contribution < 1.29 is 9.13 Å². The van der Waals surface area contributed by atoms with Crippen LogP contribution in [0.5, 0.6) is 5.75 Å². The largest absolute Gasteiger partial charge is 0.482 e. The molecule has 0 amide bonds. The maximum atomic E-state index is 13.7. The summed E-state index contributed by atoms with van der Waals surface area (Å²) in [6.07, 6.45) is 2.45. The number of allylic oxidation sites excluding steroid dienone is 1. The third-order valence-corrected chi connectivity index (χ3v) is 4.11. The average Bonchev–Trinajstić information content (AvgIpc) is 2.58. The Balaban J connectivity index is 2.32. The van der Waals surface area contributed by atoms with Crippen molar-refractivity contribution in [1.29, 1.82) is 0 Å². The Morgan fingerprint density at radius 3 is 2.88 bits per heavy atom. The zero-order chi connectivity index (χ0) is 18.6. The zero-order valence-electron chi connectivity index (χ0n) is 13.7. The molecule has 0 radical (unpaired) electrons. The fraction of sp³-hybridized carbons (Fsp3) is 0.176. The molecule has 0 spiro atoms. The highest BCUT2D eigenvalue weighted by Gasteiger charge is 2.20. The van der Waals surface area contributed by atoms with Crippen molar-refractivity contribution >= 4 is 40.8 Å². The Morgan fingerprint density at radius 2 is 2.20 bits per heavy atom. The number of nitrogens with zero attached hydrogens (tertiary/aromatic N) is 2. The van der Waals surface area contributed by atoms with Crippen LogP contribution in [0.2, 0.25) is 10.0 Å². The summed E-state index contributed by atoms with van der Waals surface area (Å²) < 4.78 is 19.5. The number of hydrogen-bond donors (Lipinski definition) is 2. The van der Waals surface area contributed by atoms with Crippen LogP contribution in [0.3, 0.4) is 0 Å². The summed E-state index contributed by atoms with van der Waals surface area (Å²) in [6, 6.07) is 4.29. The van der Waals surface area contributed by atoms with Crippen molar-refractivity contribution in [2.75, 3.05) is 12.8 Å². The van der Waals surface area contributed by atoms with Crippen LogP contribution in [-0.4, -0.2) is 18.2 Å². The standard InChI is InChI=1S/C17H17Cl2FN4O/c1-9(7-24-22-3)11-6-14(17(21)23-8-11)25-10(2)15-12(18)4-5-13(20)16(15)19/h4-8,10,22H,1H2,2-3H3,(H2,21,23)/b24-7-. The summed E-state index contributed by atoms with van der Waals surface area (Å²) >= 11 is 12.1. The minimum atomic E-state index is -0.644. The van der Waals surface area contributed by atoms with Crippen LogP contribution in [0, 0.1) is 5.82 Å². The molecule has 1 aromatic carbocycles. The van der Waals surface area contributed by atoms with Crippen molar-refractivity contribution in [2.45, 2.75) is 13.0 Å². The van der Waals surface area contributed by atoms with Gasteiger partial charge in [-0.2, -0.15) is 5.10 Å². The number of benzene rings is 1. The summed E-state index contributed by atoms with van der Waals surface area (Å²) in [5.74, 6) is -0.0916.